The number of aromatic nitrogens is 1. The Morgan fingerprint density at radius 2 is 2.19 bits per heavy atom. The van der Waals surface area contributed by atoms with Gasteiger partial charge in [-0.1, -0.05) is 6.07 Å². The quantitative estimate of drug-likeness (QED) is 0.871. The molecule has 0 saturated carbocycles. The van der Waals surface area contributed by atoms with E-state index < -0.39 is 0 Å². The summed E-state index contributed by atoms with van der Waals surface area (Å²) in [6.45, 7) is 2.22. The zero-order chi connectivity index (χ0) is 18.3. The van der Waals surface area contributed by atoms with Gasteiger partial charge in [0.2, 0.25) is 5.91 Å². The predicted octanol–water partition coefficient (Wildman–Crippen LogP) is 1.59. The predicted molar refractivity (Wildman–Crippen MR) is 96.5 cm³/mol. The van der Waals surface area contributed by atoms with E-state index in [0.717, 1.165) is 27.9 Å². The highest BCUT2D eigenvalue weighted by atomic mass is 16.6. The lowest BCUT2D eigenvalue weighted by Gasteiger charge is -2.16. The highest BCUT2D eigenvalue weighted by Gasteiger charge is 2.47. The smallest absolute Gasteiger partial charge is 0.415 e. The number of carbonyl (C=O) groups excluding carboxylic acids is 2. The van der Waals surface area contributed by atoms with Crippen LogP contribution in [0, 0.1) is 0 Å². The highest BCUT2D eigenvalue weighted by molar-refractivity contribution is 5.94. The lowest BCUT2D eigenvalue weighted by molar-refractivity contribution is -0.119. The number of hydrogen-bond acceptors (Lipinski definition) is 5. The summed E-state index contributed by atoms with van der Waals surface area (Å²) in [5, 5.41) is 2.73. The van der Waals surface area contributed by atoms with Crippen molar-refractivity contribution in [2.45, 2.75) is 32.0 Å². The van der Waals surface area contributed by atoms with Crippen molar-refractivity contribution < 1.29 is 14.3 Å². The zero-order valence-electron chi connectivity index (χ0n) is 14.4. The van der Waals surface area contributed by atoms with Crippen molar-refractivity contribution >= 4 is 17.7 Å². The second kappa shape index (κ2) is 6.42. The van der Waals surface area contributed by atoms with E-state index in [1.807, 2.05) is 24.4 Å². The van der Waals surface area contributed by atoms with Crippen LogP contribution < -0.4 is 16.0 Å². The van der Waals surface area contributed by atoms with Crippen molar-refractivity contribution in [3.05, 3.63) is 47.8 Å². The van der Waals surface area contributed by atoms with E-state index in [1.165, 1.54) is 6.92 Å². The topological polar surface area (TPSA) is 97.5 Å². The number of ether oxygens (including phenoxy) is 1. The van der Waals surface area contributed by atoms with Crippen LogP contribution in [0.5, 0.6) is 0 Å². The molecule has 134 valence electrons. The third-order valence-corrected chi connectivity index (χ3v) is 4.89. The van der Waals surface area contributed by atoms with Crippen molar-refractivity contribution in [2.75, 3.05) is 11.4 Å². The zero-order valence-corrected chi connectivity index (χ0v) is 14.4. The number of cyclic esters (lactones) is 1. The number of nitrogens with one attached hydrogen (secondary N) is 1. The normalized spacial score (nSPS) is 20.5. The van der Waals surface area contributed by atoms with E-state index in [2.05, 4.69) is 16.4 Å². The fourth-order valence-corrected chi connectivity index (χ4v) is 3.63. The van der Waals surface area contributed by atoms with Gasteiger partial charge in [-0.25, -0.2) is 4.79 Å². The van der Waals surface area contributed by atoms with Gasteiger partial charge in [0.05, 0.1) is 18.3 Å². The van der Waals surface area contributed by atoms with Crippen LogP contribution in [0.4, 0.5) is 10.5 Å². The Kier molecular flexibility index (Phi) is 4.08. The van der Waals surface area contributed by atoms with Gasteiger partial charge in [0.15, 0.2) is 0 Å². The summed E-state index contributed by atoms with van der Waals surface area (Å²) >= 11 is 0. The van der Waals surface area contributed by atoms with Gasteiger partial charge in [0.25, 0.3) is 0 Å². The maximum Gasteiger partial charge on any atom is 0.415 e. The first-order valence-corrected chi connectivity index (χ1v) is 8.58. The molecule has 2 atom stereocenters. The van der Waals surface area contributed by atoms with E-state index in [0.29, 0.717) is 19.5 Å². The number of nitrogens with zero attached hydrogens (tertiary/aromatic N) is 2. The fourth-order valence-electron chi connectivity index (χ4n) is 3.63. The molecule has 26 heavy (non-hydrogen) atoms. The largest absolute Gasteiger partial charge is 0.442 e. The summed E-state index contributed by atoms with van der Waals surface area (Å²) in [6, 6.07) is 7.95. The molecule has 3 heterocycles. The molecular formula is C19H20N4O3. The Morgan fingerprint density at radius 3 is 2.96 bits per heavy atom. The molecule has 1 saturated heterocycles. The molecule has 7 nitrogen and oxygen atoms in total. The Hall–Kier alpha value is -2.93. The summed E-state index contributed by atoms with van der Waals surface area (Å²) in [5.74, 6) is -0.135. The summed E-state index contributed by atoms with van der Waals surface area (Å²) in [6.07, 6.45) is 3.57. The number of benzene rings is 1. The number of hydrogen-bond donors (Lipinski definition) is 2. The standard InChI is InChI=1S/C19H20N4O3/c1-11(24)22-10-18-17-6-14-5-13(15-4-12(7-20)8-21-9-15)2-3-16(14)23(17)19(25)26-18/h2-5,8-9,17-18H,6-7,10,20H2,1H3,(H,22,24). The number of anilines is 1. The van der Waals surface area contributed by atoms with Gasteiger partial charge in [0.1, 0.15) is 6.10 Å². The molecular weight excluding hydrogens is 332 g/mol. The molecule has 2 aliphatic rings. The first-order chi connectivity index (χ1) is 12.6. The number of fused-ring (bicyclic) bond motifs is 3. The summed E-state index contributed by atoms with van der Waals surface area (Å²) in [5.41, 5.74) is 10.7. The third-order valence-electron chi connectivity index (χ3n) is 4.89. The minimum absolute atomic E-state index is 0.0897. The SMILES string of the molecule is CC(=O)NCC1OC(=O)N2c3ccc(-c4cncc(CN)c4)cc3CC12. The first-order valence-electron chi connectivity index (χ1n) is 8.58. The van der Waals surface area contributed by atoms with Crippen LogP contribution in [-0.4, -0.2) is 35.7 Å². The Morgan fingerprint density at radius 1 is 1.35 bits per heavy atom. The molecule has 4 rings (SSSR count). The van der Waals surface area contributed by atoms with Crippen LogP contribution in [0.1, 0.15) is 18.1 Å². The van der Waals surface area contributed by atoms with Crippen LogP contribution >= 0.6 is 0 Å². The molecule has 1 fully saturated rings. The van der Waals surface area contributed by atoms with Crippen LogP contribution in [-0.2, 0) is 22.5 Å². The Labute approximate surface area is 151 Å². The Bertz CT molecular complexity index is 883. The highest BCUT2D eigenvalue weighted by Crippen LogP contribution is 2.40. The molecule has 0 aliphatic carbocycles. The van der Waals surface area contributed by atoms with Crippen molar-refractivity contribution in [3.8, 4) is 11.1 Å². The van der Waals surface area contributed by atoms with E-state index in [4.69, 9.17) is 10.5 Å². The number of carbonyl (C=O) groups is 2. The molecule has 0 radical (unpaired) electrons. The summed E-state index contributed by atoms with van der Waals surface area (Å²) in [7, 11) is 0. The van der Waals surface area contributed by atoms with Crippen LogP contribution in [0.3, 0.4) is 0 Å². The van der Waals surface area contributed by atoms with E-state index in [1.54, 1.807) is 11.1 Å². The molecule has 7 heteroatoms. The van der Waals surface area contributed by atoms with Gasteiger partial charge in [-0.2, -0.15) is 0 Å². The van der Waals surface area contributed by atoms with Crippen molar-refractivity contribution in [3.63, 3.8) is 0 Å². The molecule has 0 bridgehead atoms. The molecule has 0 spiro atoms. The molecule has 2 unspecified atom stereocenters. The van der Waals surface area contributed by atoms with Gasteiger partial charge < -0.3 is 15.8 Å². The summed E-state index contributed by atoms with van der Waals surface area (Å²) in [4.78, 5) is 29.4. The molecule has 1 aromatic carbocycles. The van der Waals surface area contributed by atoms with Crippen LogP contribution in [0.2, 0.25) is 0 Å². The van der Waals surface area contributed by atoms with Crippen LogP contribution in [0.25, 0.3) is 11.1 Å². The first kappa shape index (κ1) is 16.5. The van der Waals surface area contributed by atoms with E-state index in [9.17, 15) is 9.59 Å². The van der Waals surface area contributed by atoms with Gasteiger partial charge in [0, 0.05) is 31.4 Å². The minimum Gasteiger partial charge on any atom is -0.442 e. The number of rotatable bonds is 4. The number of nitrogens with two attached hydrogens (primary N) is 1. The average Bonchev–Trinajstić information content (AvgIpc) is 3.17. The lowest BCUT2D eigenvalue weighted by Crippen LogP contribution is -2.40. The Balaban J connectivity index is 1.61. The molecule has 3 N–H and O–H groups in total. The van der Waals surface area contributed by atoms with Crippen LogP contribution in [0.15, 0.2) is 36.7 Å². The molecule has 2 aliphatic heterocycles. The van der Waals surface area contributed by atoms with Crippen molar-refractivity contribution in [2.24, 2.45) is 5.73 Å². The number of amides is 2. The second-order valence-corrected chi connectivity index (χ2v) is 6.63. The van der Waals surface area contributed by atoms with Gasteiger partial charge in [-0.05, 0) is 41.3 Å². The summed E-state index contributed by atoms with van der Waals surface area (Å²) < 4.78 is 5.43. The second-order valence-electron chi connectivity index (χ2n) is 6.63. The maximum absolute atomic E-state index is 12.3. The molecule has 2 aromatic rings. The monoisotopic (exact) mass is 352 g/mol. The van der Waals surface area contributed by atoms with Crippen molar-refractivity contribution in [1.82, 2.24) is 10.3 Å². The molecule has 2 amide bonds. The number of pyridine rings is 1. The fraction of sp³-hybridized carbons (Fsp3) is 0.316. The van der Waals surface area contributed by atoms with Gasteiger partial charge in [-0.3, -0.25) is 14.7 Å². The lowest BCUT2D eigenvalue weighted by atomic mass is 10.00. The third kappa shape index (κ3) is 2.80. The molecule has 1 aromatic heterocycles. The van der Waals surface area contributed by atoms with Crippen molar-refractivity contribution in [1.29, 1.82) is 0 Å². The average molecular weight is 352 g/mol. The van der Waals surface area contributed by atoms with E-state index >= 15 is 0 Å². The maximum atomic E-state index is 12.3. The van der Waals surface area contributed by atoms with Gasteiger partial charge >= 0.3 is 6.09 Å². The van der Waals surface area contributed by atoms with E-state index in [-0.39, 0.29) is 24.1 Å². The minimum atomic E-state index is -0.358. The van der Waals surface area contributed by atoms with Gasteiger partial charge in [-0.15, -0.1) is 0 Å².